The van der Waals surface area contributed by atoms with Crippen LogP contribution >= 0.6 is 34.4 Å². The highest BCUT2D eigenvalue weighted by Crippen LogP contribution is 2.45. The van der Waals surface area contributed by atoms with E-state index in [1.807, 2.05) is 0 Å². The van der Waals surface area contributed by atoms with Gasteiger partial charge < -0.3 is 9.47 Å². The van der Waals surface area contributed by atoms with E-state index in [0.717, 1.165) is 70.9 Å². The molecule has 10 aromatic rings. The Kier molecular flexibility index (Phi) is 7.79. The van der Waals surface area contributed by atoms with Crippen molar-refractivity contribution in [3.8, 4) is 64.4 Å². The van der Waals surface area contributed by atoms with Crippen LogP contribution < -0.4 is 9.47 Å². The van der Waals surface area contributed by atoms with Gasteiger partial charge in [0.25, 0.3) is 0 Å². The minimum atomic E-state index is 0.808. The molecule has 7 heteroatoms. The third kappa shape index (κ3) is 5.56. The zero-order valence-corrected chi connectivity index (χ0v) is 31.2. The number of aromatic nitrogens is 2. The Morgan fingerprint density at radius 2 is 0.868 bits per heavy atom. The molecule has 0 fully saturated rings. The topological polar surface area (TPSA) is 44.2 Å². The number of hydrogen-bond donors (Lipinski definition) is 0. The first kappa shape index (κ1) is 31.8. The Morgan fingerprint density at radius 3 is 1.45 bits per heavy atom. The molecule has 0 N–H and O–H groups in total. The fraction of sp³-hybridized carbons (Fsp3) is 0.0435. The van der Waals surface area contributed by atoms with Crippen molar-refractivity contribution in [2.45, 2.75) is 0 Å². The summed E-state index contributed by atoms with van der Waals surface area (Å²) in [6, 6.07) is 52.0. The predicted molar refractivity (Wildman–Crippen MR) is 226 cm³/mol. The molecule has 0 aliphatic rings. The standard InChI is InChI=1S/C46H30N2O2S3/c1-49-39-25-33(31-13-11-27-7-3-5-9-29(27)21-31)23-37-38(39)24-34(26-40(37)50-2)42-18-20-44(52-42)36-16-15-35(45-46(36)48-53-47-45)43-19-17-41(51-43)32-14-12-28-8-4-6-10-30(28)22-32/h3-26H,1-2H3. The van der Waals surface area contributed by atoms with Crippen molar-refractivity contribution in [1.82, 2.24) is 8.75 Å². The molecule has 0 radical (unpaired) electrons. The summed E-state index contributed by atoms with van der Waals surface area (Å²) in [4.78, 5) is 4.70. The minimum absolute atomic E-state index is 0.808. The second-order valence-corrected chi connectivity index (χ2v) is 15.7. The number of benzene rings is 7. The summed E-state index contributed by atoms with van der Waals surface area (Å²) in [5.41, 5.74) is 8.59. The van der Waals surface area contributed by atoms with Crippen LogP contribution in [-0.4, -0.2) is 23.0 Å². The van der Waals surface area contributed by atoms with E-state index in [1.54, 1.807) is 36.9 Å². The molecule has 0 atom stereocenters. The lowest BCUT2D eigenvalue weighted by atomic mass is 9.96. The number of nitrogens with zero attached hydrogens (tertiary/aromatic N) is 2. The third-order valence-electron chi connectivity index (χ3n) is 9.99. The molecule has 0 amide bonds. The highest BCUT2D eigenvalue weighted by atomic mass is 32.1. The van der Waals surface area contributed by atoms with Crippen LogP contribution in [0.25, 0.3) is 96.2 Å². The van der Waals surface area contributed by atoms with Crippen LogP contribution in [0.1, 0.15) is 0 Å². The average Bonchev–Trinajstić information content (AvgIpc) is 4.02. The van der Waals surface area contributed by atoms with Crippen LogP contribution in [0.2, 0.25) is 0 Å². The molecule has 10 rings (SSSR count). The van der Waals surface area contributed by atoms with Gasteiger partial charge in [0, 0.05) is 41.4 Å². The van der Waals surface area contributed by atoms with E-state index in [-0.39, 0.29) is 0 Å². The van der Waals surface area contributed by atoms with E-state index >= 15 is 0 Å². The maximum atomic E-state index is 6.03. The van der Waals surface area contributed by atoms with Gasteiger partial charge in [0.2, 0.25) is 0 Å². The van der Waals surface area contributed by atoms with Crippen molar-refractivity contribution in [2.24, 2.45) is 0 Å². The van der Waals surface area contributed by atoms with Gasteiger partial charge >= 0.3 is 0 Å². The SMILES string of the molecule is COc1cc(-c2ccc(-c3ccc(-c4ccc(-c5ccc6ccccc6c5)s4)c4nsnc34)s2)cc2c(OC)cc(-c3ccc4ccccc4c3)cc12. The highest BCUT2D eigenvalue weighted by molar-refractivity contribution is 7.19. The van der Waals surface area contributed by atoms with E-state index in [9.17, 15) is 0 Å². The first-order valence-electron chi connectivity index (χ1n) is 17.3. The van der Waals surface area contributed by atoms with Crippen LogP contribution in [0.5, 0.6) is 11.5 Å². The van der Waals surface area contributed by atoms with Crippen LogP contribution in [-0.2, 0) is 0 Å². The minimum Gasteiger partial charge on any atom is -0.496 e. The summed E-state index contributed by atoms with van der Waals surface area (Å²) in [5, 5.41) is 6.95. The van der Waals surface area contributed by atoms with E-state index in [0.29, 0.717) is 0 Å². The molecule has 0 bridgehead atoms. The Hall–Kier alpha value is -5.86. The molecule has 0 spiro atoms. The quantitative estimate of drug-likeness (QED) is 0.163. The van der Waals surface area contributed by atoms with Gasteiger partial charge in [-0.1, -0.05) is 84.9 Å². The van der Waals surface area contributed by atoms with Crippen LogP contribution in [0, 0.1) is 0 Å². The smallest absolute Gasteiger partial charge is 0.127 e. The maximum absolute atomic E-state index is 6.03. The number of thiophene rings is 2. The molecule has 53 heavy (non-hydrogen) atoms. The molecule has 0 aliphatic heterocycles. The van der Waals surface area contributed by atoms with Gasteiger partial charge in [0.15, 0.2) is 0 Å². The van der Waals surface area contributed by atoms with E-state index in [4.69, 9.17) is 18.2 Å². The van der Waals surface area contributed by atoms with Crippen molar-refractivity contribution in [1.29, 1.82) is 0 Å². The number of ether oxygens (including phenoxy) is 2. The largest absolute Gasteiger partial charge is 0.496 e. The Balaban J connectivity index is 0.997. The van der Waals surface area contributed by atoms with Crippen LogP contribution in [0.3, 0.4) is 0 Å². The summed E-state index contributed by atoms with van der Waals surface area (Å²) in [6.07, 6.45) is 0. The van der Waals surface area contributed by atoms with E-state index in [1.165, 1.54) is 48.6 Å². The second kappa shape index (κ2) is 13.0. The molecular formula is C46H30N2O2S3. The third-order valence-corrected chi connectivity index (χ3v) is 12.9. The zero-order valence-electron chi connectivity index (χ0n) is 28.8. The van der Waals surface area contributed by atoms with Crippen molar-refractivity contribution in [3.63, 3.8) is 0 Å². The van der Waals surface area contributed by atoms with E-state index in [2.05, 4.69) is 146 Å². The predicted octanol–water partition coefficient (Wildman–Crippen LogP) is 13.6. The van der Waals surface area contributed by atoms with Gasteiger partial charge in [0.05, 0.1) is 25.9 Å². The van der Waals surface area contributed by atoms with Gasteiger partial charge in [-0.05, 0) is 104 Å². The average molecular weight is 739 g/mol. The lowest BCUT2D eigenvalue weighted by Crippen LogP contribution is -1.92. The number of fused-ring (bicyclic) bond motifs is 4. The summed E-state index contributed by atoms with van der Waals surface area (Å²) >= 11 is 4.81. The molecule has 3 aromatic heterocycles. The van der Waals surface area contributed by atoms with Gasteiger partial charge in [-0.25, -0.2) is 0 Å². The fourth-order valence-electron chi connectivity index (χ4n) is 7.29. The summed E-state index contributed by atoms with van der Waals surface area (Å²) in [7, 11) is 3.47. The second-order valence-electron chi connectivity index (χ2n) is 13.0. The molecule has 0 unspecified atom stereocenters. The summed E-state index contributed by atoms with van der Waals surface area (Å²) in [6.45, 7) is 0. The van der Waals surface area contributed by atoms with Crippen molar-refractivity contribution in [2.75, 3.05) is 14.2 Å². The molecule has 0 saturated heterocycles. The Morgan fingerprint density at radius 1 is 0.396 bits per heavy atom. The molecule has 0 saturated carbocycles. The lowest BCUT2D eigenvalue weighted by molar-refractivity contribution is 0.415. The highest BCUT2D eigenvalue weighted by Gasteiger charge is 2.19. The van der Waals surface area contributed by atoms with Crippen LogP contribution in [0.15, 0.2) is 146 Å². The fourth-order valence-corrected chi connectivity index (χ4v) is 9.92. The summed E-state index contributed by atoms with van der Waals surface area (Å²) in [5.74, 6) is 1.62. The summed E-state index contributed by atoms with van der Waals surface area (Å²) < 4.78 is 21.6. The zero-order chi connectivity index (χ0) is 35.5. The normalized spacial score (nSPS) is 11.6. The molecule has 4 nitrogen and oxygen atoms in total. The first-order valence-corrected chi connectivity index (χ1v) is 19.6. The molecule has 0 aliphatic carbocycles. The monoisotopic (exact) mass is 738 g/mol. The molecule has 7 aromatic carbocycles. The van der Waals surface area contributed by atoms with E-state index < -0.39 is 0 Å². The van der Waals surface area contributed by atoms with Gasteiger partial charge in [-0.3, -0.25) is 0 Å². The molecule has 254 valence electrons. The van der Waals surface area contributed by atoms with Gasteiger partial charge in [-0.2, -0.15) is 8.75 Å². The van der Waals surface area contributed by atoms with Crippen LogP contribution in [0.4, 0.5) is 0 Å². The maximum Gasteiger partial charge on any atom is 0.127 e. The van der Waals surface area contributed by atoms with Gasteiger partial charge in [0.1, 0.15) is 22.5 Å². The molecular weight excluding hydrogens is 709 g/mol. The first-order chi connectivity index (χ1) is 26.1. The van der Waals surface area contributed by atoms with Crippen molar-refractivity contribution < 1.29 is 9.47 Å². The Bertz CT molecular complexity index is 3010. The van der Waals surface area contributed by atoms with Crippen molar-refractivity contribution >= 4 is 77.8 Å². The lowest BCUT2D eigenvalue weighted by Gasteiger charge is -2.14. The Labute approximate surface area is 318 Å². The van der Waals surface area contributed by atoms with Gasteiger partial charge in [-0.15, -0.1) is 22.7 Å². The number of methoxy groups -OCH3 is 2. The number of hydrogen-bond acceptors (Lipinski definition) is 7. The number of rotatable bonds is 7. The molecule has 3 heterocycles. The van der Waals surface area contributed by atoms with Crippen molar-refractivity contribution in [3.05, 3.63) is 146 Å².